The average molecular weight is 356 g/mol. The number of aromatic nitrogens is 2. The zero-order chi connectivity index (χ0) is 13.3. The highest BCUT2D eigenvalue weighted by Gasteiger charge is 2.13. The summed E-state index contributed by atoms with van der Waals surface area (Å²) in [5.74, 6) is 0.722. The van der Waals surface area contributed by atoms with Crippen molar-refractivity contribution in [3.63, 3.8) is 0 Å². The normalized spacial score (nSPS) is 12.4. The molecule has 0 amide bonds. The van der Waals surface area contributed by atoms with Crippen LogP contribution in [0.15, 0.2) is 30.5 Å². The summed E-state index contributed by atoms with van der Waals surface area (Å²) in [6.45, 7) is 2.10. The Morgan fingerprint density at radius 3 is 2.33 bits per heavy atom. The molecule has 96 valence electrons. The Bertz CT molecular complexity index is 530. The minimum absolute atomic E-state index is 0.143. The minimum atomic E-state index is 0.143. The van der Waals surface area contributed by atoms with E-state index >= 15 is 0 Å². The van der Waals surface area contributed by atoms with Gasteiger partial charge in [0.1, 0.15) is 5.82 Å². The van der Waals surface area contributed by atoms with E-state index in [1.807, 2.05) is 18.8 Å². The van der Waals surface area contributed by atoms with Crippen LogP contribution in [0.2, 0.25) is 0 Å². The summed E-state index contributed by atoms with van der Waals surface area (Å²) in [4.78, 5) is 2.08. The molecule has 0 radical (unpaired) electrons. The molecule has 18 heavy (non-hydrogen) atoms. The van der Waals surface area contributed by atoms with E-state index in [9.17, 15) is 0 Å². The Kier molecular flexibility index (Phi) is 3.79. The highest BCUT2D eigenvalue weighted by molar-refractivity contribution is 14.1. The fraction of sp³-hybridized carbons (Fsp3) is 0.308. The third-order valence-electron chi connectivity index (χ3n) is 3.05. The Morgan fingerprint density at radius 1 is 1.28 bits per heavy atom. The molecule has 5 heteroatoms. The van der Waals surface area contributed by atoms with Gasteiger partial charge in [0.25, 0.3) is 0 Å². The molecule has 0 aliphatic carbocycles. The molecule has 2 rings (SSSR count). The van der Waals surface area contributed by atoms with Crippen molar-refractivity contribution in [2.24, 2.45) is 0 Å². The van der Waals surface area contributed by atoms with Crippen LogP contribution < -0.4 is 10.6 Å². The van der Waals surface area contributed by atoms with E-state index in [4.69, 9.17) is 5.73 Å². The number of rotatable bonds is 3. The van der Waals surface area contributed by atoms with Gasteiger partial charge in [0.2, 0.25) is 0 Å². The fourth-order valence-electron chi connectivity index (χ4n) is 1.85. The lowest BCUT2D eigenvalue weighted by Crippen LogP contribution is -2.12. The summed E-state index contributed by atoms with van der Waals surface area (Å²) in [5, 5.41) is 4.32. The average Bonchev–Trinajstić information content (AvgIpc) is 2.69. The molecule has 1 atom stereocenters. The highest BCUT2D eigenvalue weighted by atomic mass is 127. The monoisotopic (exact) mass is 356 g/mol. The van der Waals surface area contributed by atoms with Crippen molar-refractivity contribution in [1.82, 2.24) is 9.78 Å². The molecule has 1 heterocycles. The third kappa shape index (κ3) is 2.45. The van der Waals surface area contributed by atoms with Gasteiger partial charge in [0.05, 0.1) is 15.8 Å². The van der Waals surface area contributed by atoms with E-state index in [-0.39, 0.29) is 6.04 Å². The number of nitrogens with zero attached hydrogens (tertiary/aromatic N) is 3. The summed E-state index contributed by atoms with van der Waals surface area (Å²) in [6.07, 6.45) is 1.79. The van der Waals surface area contributed by atoms with Crippen LogP contribution in [0.1, 0.15) is 18.5 Å². The molecule has 0 saturated heterocycles. The summed E-state index contributed by atoms with van der Waals surface area (Å²) in [7, 11) is 4.07. The molecule has 0 fully saturated rings. The SMILES string of the molecule is CC(c1ccc(N(C)C)cc1)n1ncc(I)c1N. The van der Waals surface area contributed by atoms with Gasteiger partial charge in [0.15, 0.2) is 0 Å². The lowest BCUT2D eigenvalue weighted by Gasteiger charge is -2.17. The molecule has 0 spiro atoms. The van der Waals surface area contributed by atoms with Crippen molar-refractivity contribution in [2.75, 3.05) is 24.7 Å². The molecule has 2 N–H and O–H groups in total. The van der Waals surface area contributed by atoms with Gasteiger partial charge in [-0.3, -0.25) is 0 Å². The molecule has 4 nitrogen and oxygen atoms in total. The van der Waals surface area contributed by atoms with E-state index in [0.717, 1.165) is 9.39 Å². The molecule has 1 aromatic carbocycles. The number of anilines is 2. The maximum Gasteiger partial charge on any atom is 0.135 e. The molecule has 0 aliphatic rings. The molecular weight excluding hydrogens is 339 g/mol. The third-order valence-corrected chi connectivity index (χ3v) is 3.88. The van der Waals surface area contributed by atoms with E-state index in [1.165, 1.54) is 11.3 Å². The van der Waals surface area contributed by atoms with Gasteiger partial charge in [-0.25, -0.2) is 4.68 Å². The zero-order valence-electron chi connectivity index (χ0n) is 10.8. The van der Waals surface area contributed by atoms with Crippen molar-refractivity contribution >= 4 is 34.1 Å². The van der Waals surface area contributed by atoms with Crippen LogP contribution in [0.3, 0.4) is 0 Å². The van der Waals surface area contributed by atoms with Crippen molar-refractivity contribution in [3.05, 3.63) is 39.6 Å². The molecule has 2 aromatic rings. The van der Waals surface area contributed by atoms with Crippen molar-refractivity contribution in [2.45, 2.75) is 13.0 Å². The molecular formula is C13H17IN4. The van der Waals surface area contributed by atoms with E-state index in [0.29, 0.717) is 0 Å². The lowest BCUT2D eigenvalue weighted by atomic mass is 10.1. The second-order valence-electron chi connectivity index (χ2n) is 4.48. The second-order valence-corrected chi connectivity index (χ2v) is 5.65. The summed E-state index contributed by atoms with van der Waals surface area (Å²) in [6, 6.07) is 8.60. The van der Waals surface area contributed by atoms with E-state index < -0.39 is 0 Å². The molecule has 0 saturated carbocycles. The number of halogens is 1. The van der Waals surface area contributed by atoms with Gasteiger partial charge in [-0.15, -0.1) is 0 Å². The molecule has 1 aromatic heterocycles. The van der Waals surface area contributed by atoms with E-state index in [2.05, 4.69) is 63.8 Å². The van der Waals surface area contributed by atoms with Crippen LogP contribution in [0.25, 0.3) is 0 Å². The topological polar surface area (TPSA) is 47.1 Å². The van der Waals surface area contributed by atoms with E-state index in [1.54, 1.807) is 6.20 Å². The van der Waals surface area contributed by atoms with Crippen LogP contribution in [0.5, 0.6) is 0 Å². The van der Waals surface area contributed by atoms with Crippen LogP contribution in [0, 0.1) is 3.57 Å². The van der Waals surface area contributed by atoms with Gasteiger partial charge in [-0.1, -0.05) is 12.1 Å². The first-order chi connectivity index (χ1) is 8.50. The maximum absolute atomic E-state index is 6.00. The summed E-state index contributed by atoms with van der Waals surface area (Å²) in [5.41, 5.74) is 8.39. The first-order valence-electron chi connectivity index (χ1n) is 5.76. The number of nitrogens with two attached hydrogens (primary N) is 1. The summed E-state index contributed by atoms with van der Waals surface area (Å²) >= 11 is 2.20. The van der Waals surface area contributed by atoms with Crippen LogP contribution in [-0.4, -0.2) is 23.9 Å². The largest absolute Gasteiger partial charge is 0.383 e. The quantitative estimate of drug-likeness (QED) is 0.861. The van der Waals surface area contributed by atoms with Gasteiger partial charge in [-0.05, 0) is 47.2 Å². The summed E-state index contributed by atoms with van der Waals surface area (Å²) < 4.78 is 2.84. The fourth-order valence-corrected chi connectivity index (χ4v) is 2.22. The van der Waals surface area contributed by atoms with Gasteiger partial charge >= 0.3 is 0 Å². The predicted molar refractivity (Wildman–Crippen MR) is 83.9 cm³/mol. The first-order valence-corrected chi connectivity index (χ1v) is 6.84. The molecule has 1 unspecified atom stereocenters. The Balaban J connectivity index is 2.29. The first kappa shape index (κ1) is 13.2. The molecule has 0 aliphatic heterocycles. The second kappa shape index (κ2) is 5.17. The Morgan fingerprint density at radius 2 is 1.89 bits per heavy atom. The van der Waals surface area contributed by atoms with Crippen molar-refractivity contribution in [1.29, 1.82) is 0 Å². The van der Waals surface area contributed by atoms with Crippen LogP contribution >= 0.6 is 22.6 Å². The number of hydrogen-bond donors (Lipinski definition) is 1. The Labute approximate surface area is 121 Å². The van der Waals surface area contributed by atoms with Crippen molar-refractivity contribution in [3.8, 4) is 0 Å². The van der Waals surface area contributed by atoms with Crippen LogP contribution in [0.4, 0.5) is 11.5 Å². The van der Waals surface area contributed by atoms with Gasteiger partial charge < -0.3 is 10.6 Å². The predicted octanol–water partition coefficient (Wildman–Crippen LogP) is 2.75. The minimum Gasteiger partial charge on any atom is -0.383 e. The highest BCUT2D eigenvalue weighted by Crippen LogP contribution is 2.24. The number of hydrogen-bond acceptors (Lipinski definition) is 3. The smallest absolute Gasteiger partial charge is 0.135 e. The molecule has 0 bridgehead atoms. The van der Waals surface area contributed by atoms with Gasteiger partial charge in [-0.2, -0.15) is 5.10 Å². The Hall–Kier alpha value is -1.24. The van der Waals surface area contributed by atoms with Gasteiger partial charge in [0, 0.05) is 19.8 Å². The number of benzene rings is 1. The lowest BCUT2D eigenvalue weighted by molar-refractivity contribution is 0.573. The van der Waals surface area contributed by atoms with Crippen molar-refractivity contribution < 1.29 is 0 Å². The van der Waals surface area contributed by atoms with Crippen LogP contribution in [-0.2, 0) is 0 Å². The maximum atomic E-state index is 6.00. The standard InChI is InChI=1S/C13H17IN4/c1-9(18-13(15)12(14)8-16-18)10-4-6-11(7-5-10)17(2)3/h4-9H,15H2,1-3H3. The zero-order valence-corrected chi connectivity index (χ0v) is 12.9. The number of nitrogen functional groups attached to an aromatic ring is 1.